The van der Waals surface area contributed by atoms with E-state index in [4.69, 9.17) is 9.47 Å². The number of methoxy groups -OCH3 is 1. The van der Waals surface area contributed by atoms with Gasteiger partial charge in [-0.2, -0.15) is 0 Å². The first-order valence-electron chi connectivity index (χ1n) is 10.4. The molecule has 150 valence electrons. The summed E-state index contributed by atoms with van der Waals surface area (Å²) in [6, 6.07) is 17.2. The Balaban J connectivity index is 1.31. The molecule has 0 saturated carbocycles. The van der Waals surface area contributed by atoms with Crippen molar-refractivity contribution in [3.8, 4) is 5.75 Å². The van der Waals surface area contributed by atoms with Crippen LogP contribution in [0.15, 0.2) is 48.5 Å². The molecule has 0 spiro atoms. The lowest BCUT2D eigenvalue weighted by molar-refractivity contribution is -0.00324. The first-order chi connectivity index (χ1) is 13.6. The van der Waals surface area contributed by atoms with E-state index in [2.05, 4.69) is 60.0 Å². The fourth-order valence-electron chi connectivity index (χ4n) is 4.43. The number of benzene rings is 2. The minimum atomic E-state index is 0.108. The summed E-state index contributed by atoms with van der Waals surface area (Å²) in [5.41, 5.74) is 4.23. The standard InChI is InChI=1S/C24H32N2O2/c1-24(2)18-28-23(21-6-4-5-7-22(21)24)12-13-25-14-16-26(17-15-25)19-8-10-20(27-3)11-9-19/h4-11,23H,12-18H2,1-3H3. The molecule has 0 bridgehead atoms. The Morgan fingerprint density at radius 1 is 1.00 bits per heavy atom. The Morgan fingerprint density at radius 3 is 2.43 bits per heavy atom. The van der Waals surface area contributed by atoms with Crippen molar-refractivity contribution in [2.45, 2.75) is 31.8 Å². The van der Waals surface area contributed by atoms with E-state index in [1.54, 1.807) is 7.11 Å². The van der Waals surface area contributed by atoms with Crippen LogP contribution in [0, 0.1) is 0 Å². The highest BCUT2D eigenvalue weighted by Crippen LogP contribution is 2.39. The van der Waals surface area contributed by atoms with Crippen molar-refractivity contribution in [1.82, 2.24) is 4.90 Å². The predicted molar refractivity (Wildman–Crippen MR) is 114 cm³/mol. The molecule has 1 fully saturated rings. The molecule has 2 aliphatic heterocycles. The molecule has 1 atom stereocenters. The van der Waals surface area contributed by atoms with Gasteiger partial charge in [-0.3, -0.25) is 4.90 Å². The normalized spacial score (nSPS) is 22.0. The summed E-state index contributed by atoms with van der Waals surface area (Å²) in [7, 11) is 1.71. The first kappa shape index (κ1) is 19.3. The maximum Gasteiger partial charge on any atom is 0.119 e. The summed E-state index contributed by atoms with van der Waals surface area (Å²) < 4.78 is 11.5. The van der Waals surface area contributed by atoms with Gasteiger partial charge in [0.1, 0.15) is 5.75 Å². The second kappa shape index (κ2) is 8.14. The van der Waals surface area contributed by atoms with E-state index in [1.165, 1.54) is 16.8 Å². The van der Waals surface area contributed by atoms with E-state index in [9.17, 15) is 0 Å². The number of hydrogen-bond acceptors (Lipinski definition) is 4. The molecule has 2 aliphatic rings. The minimum Gasteiger partial charge on any atom is -0.497 e. The number of piperazine rings is 1. The average Bonchev–Trinajstić information content (AvgIpc) is 2.74. The smallest absolute Gasteiger partial charge is 0.119 e. The van der Waals surface area contributed by atoms with Crippen LogP contribution in [-0.2, 0) is 10.2 Å². The molecular weight excluding hydrogens is 348 g/mol. The van der Waals surface area contributed by atoms with Gasteiger partial charge < -0.3 is 14.4 Å². The molecule has 0 N–H and O–H groups in total. The number of nitrogens with zero attached hydrogens (tertiary/aromatic N) is 2. The maximum absolute atomic E-state index is 6.27. The molecule has 2 heterocycles. The van der Waals surface area contributed by atoms with Crippen LogP contribution in [0.25, 0.3) is 0 Å². The summed E-state index contributed by atoms with van der Waals surface area (Å²) in [4.78, 5) is 5.04. The Morgan fingerprint density at radius 2 is 1.71 bits per heavy atom. The van der Waals surface area contributed by atoms with Gasteiger partial charge in [-0.1, -0.05) is 38.1 Å². The zero-order valence-electron chi connectivity index (χ0n) is 17.4. The Labute approximate surface area is 169 Å². The second-order valence-corrected chi connectivity index (χ2v) is 8.59. The van der Waals surface area contributed by atoms with Crippen molar-refractivity contribution in [1.29, 1.82) is 0 Å². The van der Waals surface area contributed by atoms with E-state index in [0.29, 0.717) is 0 Å². The van der Waals surface area contributed by atoms with Gasteiger partial charge in [-0.15, -0.1) is 0 Å². The van der Waals surface area contributed by atoms with Gasteiger partial charge >= 0.3 is 0 Å². The Bertz CT molecular complexity index is 779. The summed E-state index contributed by atoms with van der Waals surface area (Å²) in [5.74, 6) is 0.915. The highest BCUT2D eigenvalue weighted by molar-refractivity contribution is 5.49. The van der Waals surface area contributed by atoms with Gasteiger partial charge in [-0.05, 0) is 41.8 Å². The summed E-state index contributed by atoms with van der Waals surface area (Å²) in [6.45, 7) is 10.8. The van der Waals surface area contributed by atoms with Crippen LogP contribution < -0.4 is 9.64 Å². The second-order valence-electron chi connectivity index (χ2n) is 8.59. The Hall–Kier alpha value is -2.04. The zero-order chi connectivity index (χ0) is 19.6. The fourth-order valence-corrected chi connectivity index (χ4v) is 4.43. The summed E-state index contributed by atoms with van der Waals surface area (Å²) in [5, 5.41) is 0. The molecule has 0 aliphatic carbocycles. The molecule has 28 heavy (non-hydrogen) atoms. The van der Waals surface area contributed by atoms with Gasteiger partial charge in [0.25, 0.3) is 0 Å². The zero-order valence-corrected chi connectivity index (χ0v) is 17.4. The number of rotatable bonds is 5. The van der Waals surface area contributed by atoms with Crippen LogP contribution in [-0.4, -0.2) is 51.3 Å². The van der Waals surface area contributed by atoms with Gasteiger partial charge in [0.05, 0.1) is 19.8 Å². The van der Waals surface area contributed by atoms with Crippen LogP contribution in [0.5, 0.6) is 5.75 Å². The highest BCUT2D eigenvalue weighted by atomic mass is 16.5. The third kappa shape index (κ3) is 4.03. The molecule has 0 amide bonds. The van der Waals surface area contributed by atoms with E-state index >= 15 is 0 Å². The quantitative estimate of drug-likeness (QED) is 0.774. The third-order valence-electron chi connectivity index (χ3n) is 6.20. The van der Waals surface area contributed by atoms with Gasteiger partial charge in [0, 0.05) is 43.8 Å². The van der Waals surface area contributed by atoms with Gasteiger partial charge in [0.2, 0.25) is 0 Å². The van der Waals surface area contributed by atoms with Crippen LogP contribution in [0.2, 0.25) is 0 Å². The molecule has 2 aromatic carbocycles. The molecule has 1 unspecified atom stereocenters. The van der Waals surface area contributed by atoms with E-state index in [1.807, 2.05) is 12.1 Å². The van der Waals surface area contributed by atoms with Crippen molar-refractivity contribution >= 4 is 5.69 Å². The molecule has 2 aromatic rings. The topological polar surface area (TPSA) is 24.9 Å². The monoisotopic (exact) mass is 380 g/mol. The molecule has 0 aromatic heterocycles. The van der Waals surface area contributed by atoms with Crippen molar-refractivity contribution in [2.24, 2.45) is 0 Å². The van der Waals surface area contributed by atoms with Crippen molar-refractivity contribution in [2.75, 3.05) is 51.3 Å². The molecule has 0 radical (unpaired) electrons. The molecule has 4 heteroatoms. The van der Waals surface area contributed by atoms with Gasteiger partial charge in [0.15, 0.2) is 0 Å². The van der Waals surface area contributed by atoms with E-state index in [-0.39, 0.29) is 11.5 Å². The lowest BCUT2D eigenvalue weighted by atomic mass is 9.78. The average molecular weight is 381 g/mol. The predicted octanol–water partition coefficient (Wildman–Crippen LogP) is 4.26. The molecular formula is C24H32N2O2. The lowest BCUT2D eigenvalue weighted by Crippen LogP contribution is -2.47. The number of fused-ring (bicyclic) bond motifs is 1. The largest absolute Gasteiger partial charge is 0.497 e. The number of hydrogen-bond donors (Lipinski definition) is 0. The van der Waals surface area contributed by atoms with Crippen LogP contribution in [0.4, 0.5) is 5.69 Å². The van der Waals surface area contributed by atoms with Crippen molar-refractivity contribution < 1.29 is 9.47 Å². The third-order valence-corrected chi connectivity index (χ3v) is 6.20. The van der Waals surface area contributed by atoms with Crippen LogP contribution in [0.1, 0.15) is 37.5 Å². The summed E-state index contributed by atoms with van der Waals surface area (Å²) >= 11 is 0. The van der Waals surface area contributed by atoms with Crippen LogP contribution in [0.3, 0.4) is 0 Å². The lowest BCUT2D eigenvalue weighted by Gasteiger charge is -2.39. The first-order valence-corrected chi connectivity index (χ1v) is 10.4. The fraction of sp³-hybridized carbons (Fsp3) is 0.500. The van der Waals surface area contributed by atoms with Crippen LogP contribution >= 0.6 is 0 Å². The molecule has 1 saturated heterocycles. The summed E-state index contributed by atoms with van der Waals surface area (Å²) in [6.07, 6.45) is 1.29. The van der Waals surface area contributed by atoms with Gasteiger partial charge in [-0.25, -0.2) is 0 Å². The van der Waals surface area contributed by atoms with Crippen molar-refractivity contribution in [3.05, 3.63) is 59.7 Å². The number of ether oxygens (including phenoxy) is 2. The minimum absolute atomic E-state index is 0.108. The Kier molecular flexibility index (Phi) is 5.61. The van der Waals surface area contributed by atoms with Crippen molar-refractivity contribution in [3.63, 3.8) is 0 Å². The molecule has 4 rings (SSSR count). The molecule has 4 nitrogen and oxygen atoms in total. The van der Waals surface area contributed by atoms with E-state index in [0.717, 1.165) is 51.5 Å². The highest BCUT2D eigenvalue weighted by Gasteiger charge is 2.33. The maximum atomic E-state index is 6.27. The number of anilines is 1. The SMILES string of the molecule is COc1ccc(N2CCN(CCC3OCC(C)(C)c4ccccc43)CC2)cc1. The van der Waals surface area contributed by atoms with E-state index < -0.39 is 0 Å².